The second kappa shape index (κ2) is 10.9. The predicted octanol–water partition coefficient (Wildman–Crippen LogP) is 3.11. The van der Waals surface area contributed by atoms with Crippen LogP contribution >= 0.6 is 23.4 Å². The molecule has 1 saturated heterocycles. The van der Waals surface area contributed by atoms with Gasteiger partial charge in [0.2, 0.25) is 23.6 Å². The van der Waals surface area contributed by atoms with Crippen molar-refractivity contribution in [2.75, 3.05) is 45.2 Å². The number of ether oxygens (including phenoxy) is 2. The smallest absolute Gasteiger partial charge is 0.250 e. The number of rotatable bonds is 8. The number of benzene rings is 1. The minimum atomic E-state index is -0.571. The number of aromatic nitrogens is 3. The summed E-state index contributed by atoms with van der Waals surface area (Å²) in [5.74, 6) is 1.03. The summed E-state index contributed by atoms with van der Waals surface area (Å²) in [4.78, 5) is 30.9. The van der Waals surface area contributed by atoms with E-state index in [1.807, 2.05) is 12.1 Å². The van der Waals surface area contributed by atoms with E-state index in [0.29, 0.717) is 22.7 Å². The van der Waals surface area contributed by atoms with E-state index < -0.39 is 5.91 Å². The van der Waals surface area contributed by atoms with E-state index >= 15 is 0 Å². The van der Waals surface area contributed by atoms with Crippen molar-refractivity contribution in [3.63, 3.8) is 0 Å². The van der Waals surface area contributed by atoms with E-state index in [9.17, 15) is 4.79 Å². The van der Waals surface area contributed by atoms with Gasteiger partial charge in [0.05, 0.1) is 28.8 Å². The molecule has 9 nitrogen and oxygen atoms in total. The lowest BCUT2D eigenvalue weighted by atomic mass is 10.2. The van der Waals surface area contributed by atoms with Crippen molar-refractivity contribution in [1.29, 1.82) is 0 Å². The molecule has 1 aliphatic heterocycles. The highest BCUT2D eigenvalue weighted by atomic mass is 35.5. The van der Waals surface area contributed by atoms with Crippen LogP contribution < -0.4 is 20.1 Å². The summed E-state index contributed by atoms with van der Waals surface area (Å²) in [7, 11) is 3.67. The molecular formula is C23H25ClN6O3S. The van der Waals surface area contributed by atoms with Gasteiger partial charge in [-0.1, -0.05) is 23.4 Å². The zero-order valence-electron chi connectivity index (χ0n) is 18.9. The fraction of sp³-hybridized carbons (Fsp3) is 0.304. The van der Waals surface area contributed by atoms with Gasteiger partial charge < -0.3 is 25.0 Å². The number of amides is 1. The van der Waals surface area contributed by atoms with Crippen molar-refractivity contribution in [2.24, 2.45) is 5.73 Å². The molecule has 0 radical (unpaired) electrons. The summed E-state index contributed by atoms with van der Waals surface area (Å²) in [6, 6.07) is 8.76. The van der Waals surface area contributed by atoms with Crippen molar-refractivity contribution >= 4 is 35.2 Å². The zero-order chi connectivity index (χ0) is 24.1. The Labute approximate surface area is 207 Å². The van der Waals surface area contributed by atoms with Crippen LogP contribution in [0, 0.1) is 0 Å². The Kier molecular flexibility index (Phi) is 7.71. The van der Waals surface area contributed by atoms with Gasteiger partial charge in [-0.25, -0.2) is 9.97 Å². The third-order valence-electron chi connectivity index (χ3n) is 5.31. The third kappa shape index (κ3) is 5.88. The maximum absolute atomic E-state index is 11.5. The van der Waals surface area contributed by atoms with E-state index in [4.69, 9.17) is 31.8 Å². The number of hydrogen-bond donors (Lipinski definition) is 1. The molecule has 1 fully saturated rings. The molecule has 2 aromatic heterocycles. The Hall–Kier alpha value is -3.08. The van der Waals surface area contributed by atoms with Gasteiger partial charge in [0.25, 0.3) is 0 Å². The van der Waals surface area contributed by atoms with E-state index in [-0.39, 0.29) is 12.2 Å². The number of nitrogens with two attached hydrogens (primary N) is 1. The van der Waals surface area contributed by atoms with E-state index in [1.54, 1.807) is 37.7 Å². The monoisotopic (exact) mass is 500 g/mol. The largest absolute Gasteiger partial charge is 0.481 e. The number of piperazine rings is 1. The number of methoxy groups -OCH3 is 1. The molecule has 0 aliphatic carbocycles. The quantitative estimate of drug-likeness (QED) is 0.499. The van der Waals surface area contributed by atoms with Gasteiger partial charge in [-0.05, 0) is 36.9 Å². The van der Waals surface area contributed by atoms with Crippen LogP contribution in [0.3, 0.4) is 0 Å². The van der Waals surface area contributed by atoms with Crippen LogP contribution in [-0.4, -0.2) is 66.1 Å². The predicted molar refractivity (Wildman–Crippen MR) is 131 cm³/mol. The van der Waals surface area contributed by atoms with Crippen LogP contribution in [-0.2, 0) is 6.61 Å². The van der Waals surface area contributed by atoms with Crippen molar-refractivity contribution in [3.8, 4) is 11.8 Å². The number of likely N-dealkylation sites (N-methyl/N-ethyl adjacent to an activating group) is 1. The summed E-state index contributed by atoms with van der Waals surface area (Å²) < 4.78 is 11.3. The van der Waals surface area contributed by atoms with Crippen molar-refractivity contribution in [2.45, 2.75) is 16.4 Å². The number of nitrogens with zero attached hydrogens (tertiary/aromatic N) is 5. The lowest BCUT2D eigenvalue weighted by Crippen LogP contribution is -2.45. The van der Waals surface area contributed by atoms with Gasteiger partial charge in [-0.2, -0.15) is 4.98 Å². The normalized spacial score (nSPS) is 14.1. The van der Waals surface area contributed by atoms with Gasteiger partial charge in [0, 0.05) is 43.3 Å². The number of anilines is 1. The van der Waals surface area contributed by atoms with E-state index in [1.165, 1.54) is 11.8 Å². The standard InChI is InChI=1S/C23H25ClN6O3S/c1-29-7-9-30(10-8-29)23-27-13-19(34-16-3-4-17(21(25)31)18(24)12-16)22(28-23)33-14-15-5-6-26-20(11-15)32-2/h3-6,11-13H,7-10,14H2,1-2H3,(H2,25,31). The molecule has 0 atom stereocenters. The molecular weight excluding hydrogens is 476 g/mol. The molecule has 0 unspecified atom stereocenters. The first-order valence-electron chi connectivity index (χ1n) is 10.6. The van der Waals surface area contributed by atoms with Gasteiger partial charge in [-0.3, -0.25) is 4.79 Å². The molecule has 34 heavy (non-hydrogen) atoms. The van der Waals surface area contributed by atoms with Gasteiger partial charge in [0.1, 0.15) is 6.61 Å². The number of hydrogen-bond acceptors (Lipinski definition) is 9. The summed E-state index contributed by atoms with van der Waals surface area (Å²) >= 11 is 7.63. The van der Waals surface area contributed by atoms with Crippen LogP contribution in [0.5, 0.6) is 11.8 Å². The molecule has 2 N–H and O–H groups in total. The van der Waals surface area contributed by atoms with Gasteiger partial charge in [0.15, 0.2) is 0 Å². The fourth-order valence-corrected chi connectivity index (χ4v) is 4.57. The third-order valence-corrected chi connectivity index (χ3v) is 6.62. The van der Waals surface area contributed by atoms with Crippen molar-refractivity contribution in [1.82, 2.24) is 19.9 Å². The molecule has 3 heterocycles. The second-order valence-electron chi connectivity index (χ2n) is 7.73. The number of primary amides is 1. The van der Waals surface area contributed by atoms with E-state index in [0.717, 1.165) is 41.5 Å². The number of carbonyl (C=O) groups excluding carboxylic acids is 1. The molecule has 0 bridgehead atoms. The first-order valence-corrected chi connectivity index (χ1v) is 11.8. The van der Waals surface area contributed by atoms with Gasteiger partial charge >= 0.3 is 0 Å². The summed E-state index contributed by atoms with van der Waals surface area (Å²) in [6.07, 6.45) is 3.43. The minimum Gasteiger partial charge on any atom is -0.481 e. The molecule has 4 rings (SSSR count). The fourth-order valence-electron chi connectivity index (χ4n) is 3.37. The Bertz CT molecular complexity index is 1170. The Morgan fingerprint density at radius 1 is 1.18 bits per heavy atom. The lowest BCUT2D eigenvalue weighted by Gasteiger charge is -2.32. The molecule has 178 valence electrons. The SMILES string of the molecule is COc1cc(COc2nc(N3CCN(C)CC3)ncc2Sc2ccc(C(N)=O)c(Cl)c2)ccn1. The van der Waals surface area contributed by atoms with Crippen LogP contribution in [0.1, 0.15) is 15.9 Å². The first-order chi connectivity index (χ1) is 16.4. The summed E-state index contributed by atoms with van der Waals surface area (Å²) in [6.45, 7) is 3.85. The van der Waals surface area contributed by atoms with Gasteiger partial charge in [-0.15, -0.1) is 0 Å². The number of carbonyl (C=O) groups is 1. The molecule has 1 aliphatic rings. The molecule has 0 spiro atoms. The van der Waals surface area contributed by atoms with E-state index in [2.05, 4.69) is 26.8 Å². The van der Waals surface area contributed by atoms with Crippen molar-refractivity contribution in [3.05, 3.63) is 58.9 Å². The first kappa shape index (κ1) is 24.1. The van der Waals surface area contributed by atoms with Crippen LogP contribution in [0.25, 0.3) is 0 Å². The number of halogens is 1. The Balaban J connectivity index is 1.60. The zero-order valence-corrected chi connectivity index (χ0v) is 20.5. The highest BCUT2D eigenvalue weighted by Crippen LogP contribution is 2.36. The molecule has 0 saturated carbocycles. The van der Waals surface area contributed by atoms with Crippen LogP contribution in [0.2, 0.25) is 5.02 Å². The van der Waals surface area contributed by atoms with Crippen LogP contribution in [0.15, 0.2) is 52.5 Å². The second-order valence-corrected chi connectivity index (χ2v) is 9.26. The average Bonchev–Trinajstić information content (AvgIpc) is 2.84. The molecule has 1 amide bonds. The average molecular weight is 501 g/mol. The summed E-state index contributed by atoms with van der Waals surface area (Å²) in [5.41, 5.74) is 6.54. The highest BCUT2D eigenvalue weighted by Gasteiger charge is 2.19. The molecule has 11 heteroatoms. The summed E-state index contributed by atoms with van der Waals surface area (Å²) in [5, 5.41) is 0.291. The molecule has 3 aromatic rings. The van der Waals surface area contributed by atoms with Crippen LogP contribution in [0.4, 0.5) is 5.95 Å². The lowest BCUT2D eigenvalue weighted by molar-refractivity contribution is 0.100. The Morgan fingerprint density at radius 3 is 2.68 bits per heavy atom. The maximum Gasteiger partial charge on any atom is 0.250 e. The molecule has 1 aromatic carbocycles. The van der Waals surface area contributed by atoms with Crippen molar-refractivity contribution < 1.29 is 14.3 Å². The maximum atomic E-state index is 11.5. The topological polar surface area (TPSA) is 107 Å². The number of pyridine rings is 1. The Morgan fingerprint density at radius 2 is 1.97 bits per heavy atom. The highest BCUT2D eigenvalue weighted by molar-refractivity contribution is 7.99. The minimum absolute atomic E-state index is 0.274.